The predicted molar refractivity (Wildman–Crippen MR) is 97.5 cm³/mol. The summed E-state index contributed by atoms with van der Waals surface area (Å²) < 4.78 is 0. The molecule has 1 amide bonds. The van der Waals surface area contributed by atoms with E-state index in [-0.39, 0.29) is 5.91 Å². The molecule has 4 nitrogen and oxygen atoms in total. The number of rotatable bonds is 4. The molecule has 4 rings (SSSR count). The molecular weight excluding hydrogens is 336 g/mol. The number of halogens is 1. The number of carbonyl (C=O) groups is 1. The van der Waals surface area contributed by atoms with E-state index in [1.807, 2.05) is 41.3 Å². The van der Waals surface area contributed by atoms with Gasteiger partial charge in [-0.2, -0.15) is 0 Å². The van der Waals surface area contributed by atoms with Gasteiger partial charge in [-0.05, 0) is 35.4 Å². The van der Waals surface area contributed by atoms with Crippen molar-refractivity contribution in [1.29, 1.82) is 0 Å². The fraction of sp³-hybridized carbons (Fsp3) is 0.350. The van der Waals surface area contributed by atoms with Crippen molar-refractivity contribution in [3.8, 4) is 5.75 Å². The number of phenolic OH excluding ortho intramolecular Hbond substituents is 1. The Kier molecular flexibility index (Phi) is 4.40. The van der Waals surface area contributed by atoms with Crippen molar-refractivity contribution in [1.82, 2.24) is 9.80 Å². The quantitative estimate of drug-likeness (QED) is 0.916. The minimum Gasteiger partial charge on any atom is -0.508 e. The van der Waals surface area contributed by atoms with Gasteiger partial charge in [0.05, 0.1) is 6.42 Å². The lowest BCUT2D eigenvalue weighted by molar-refractivity contribution is -0.129. The summed E-state index contributed by atoms with van der Waals surface area (Å²) in [6.07, 6.45) is 0.439. The molecule has 25 heavy (non-hydrogen) atoms. The van der Waals surface area contributed by atoms with E-state index in [4.69, 9.17) is 11.6 Å². The Bertz CT molecular complexity index is 760. The Balaban J connectivity index is 1.33. The summed E-state index contributed by atoms with van der Waals surface area (Å²) in [7, 11) is 0. The number of aromatic hydroxyl groups is 1. The molecule has 2 saturated heterocycles. The standard InChI is InChI=1S/C20H21ClN2O2/c21-17-5-1-14(2-6-17)9-20(25)23-12-16-11-22(19(16)13-23)10-15-3-7-18(24)8-4-15/h1-8,16,19,24H,9-13H2. The molecular formula is C20H21ClN2O2. The van der Waals surface area contributed by atoms with Crippen LogP contribution in [0, 0.1) is 5.92 Å². The van der Waals surface area contributed by atoms with Crippen LogP contribution in [0.15, 0.2) is 48.5 Å². The molecule has 0 radical (unpaired) electrons. The highest BCUT2D eigenvalue weighted by Crippen LogP contribution is 2.34. The monoisotopic (exact) mass is 356 g/mol. The molecule has 2 heterocycles. The van der Waals surface area contributed by atoms with E-state index in [1.165, 1.54) is 5.56 Å². The highest BCUT2D eigenvalue weighted by atomic mass is 35.5. The third-order valence-electron chi connectivity index (χ3n) is 5.29. The van der Waals surface area contributed by atoms with Gasteiger partial charge in [0.1, 0.15) is 5.75 Å². The zero-order chi connectivity index (χ0) is 17.4. The highest BCUT2D eigenvalue weighted by Gasteiger charge is 2.46. The lowest BCUT2D eigenvalue weighted by Crippen LogP contribution is -2.54. The molecule has 130 valence electrons. The van der Waals surface area contributed by atoms with Crippen molar-refractivity contribution >= 4 is 17.5 Å². The molecule has 2 aromatic carbocycles. The lowest BCUT2D eigenvalue weighted by Gasteiger charge is -2.43. The van der Waals surface area contributed by atoms with Gasteiger partial charge >= 0.3 is 0 Å². The fourth-order valence-electron chi connectivity index (χ4n) is 3.86. The van der Waals surface area contributed by atoms with Crippen molar-refractivity contribution in [3.63, 3.8) is 0 Å². The number of likely N-dealkylation sites (tertiary alicyclic amines) is 2. The number of nitrogens with zero attached hydrogens (tertiary/aromatic N) is 2. The van der Waals surface area contributed by atoms with Gasteiger partial charge in [-0.1, -0.05) is 35.9 Å². The van der Waals surface area contributed by atoms with Gasteiger partial charge < -0.3 is 10.0 Å². The minimum absolute atomic E-state index is 0.196. The summed E-state index contributed by atoms with van der Waals surface area (Å²) in [4.78, 5) is 17.0. The van der Waals surface area contributed by atoms with Crippen molar-refractivity contribution in [2.75, 3.05) is 19.6 Å². The topological polar surface area (TPSA) is 43.8 Å². The molecule has 2 aliphatic heterocycles. The Labute approximate surface area is 152 Å². The van der Waals surface area contributed by atoms with Gasteiger partial charge in [0.15, 0.2) is 0 Å². The maximum absolute atomic E-state index is 12.6. The predicted octanol–water partition coefficient (Wildman–Crippen LogP) is 2.93. The number of benzene rings is 2. The maximum Gasteiger partial charge on any atom is 0.227 e. The zero-order valence-corrected chi connectivity index (χ0v) is 14.7. The van der Waals surface area contributed by atoms with Crippen LogP contribution in [-0.2, 0) is 17.8 Å². The second-order valence-corrected chi connectivity index (χ2v) is 7.46. The van der Waals surface area contributed by atoms with E-state index >= 15 is 0 Å². The molecule has 2 aliphatic rings. The van der Waals surface area contributed by atoms with Crippen LogP contribution in [0.3, 0.4) is 0 Å². The first-order valence-electron chi connectivity index (χ1n) is 8.62. The molecule has 5 heteroatoms. The summed E-state index contributed by atoms with van der Waals surface area (Å²) in [5, 5.41) is 10.1. The van der Waals surface area contributed by atoms with Crippen molar-refractivity contribution in [3.05, 3.63) is 64.7 Å². The molecule has 2 aromatic rings. The van der Waals surface area contributed by atoms with Crippen LogP contribution >= 0.6 is 11.6 Å². The first-order valence-corrected chi connectivity index (χ1v) is 9.00. The number of fused-ring (bicyclic) bond motifs is 1. The van der Waals surface area contributed by atoms with E-state index < -0.39 is 0 Å². The molecule has 2 unspecified atom stereocenters. The van der Waals surface area contributed by atoms with Gasteiger partial charge in [0.2, 0.25) is 5.91 Å². The van der Waals surface area contributed by atoms with Gasteiger partial charge in [-0.3, -0.25) is 9.69 Å². The summed E-state index contributed by atoms with van der Waals surface area (Å²) in [5.41, 5.74) is 2.21. The van der Waals surface area contributed by atoms with Crippen LogP contribution in [0.4, 0.5) is 0 Å². The lowest BCUT2D eigenvalue weighted by atomic mass is 9.91. The molecule has 1 N–H and O–H groups in total. The van der Waals surface area contributed by atoms with Gasteiger partial charge in [-0.15, -0.1) is 0 Å². The Morgan fingerprint density at radius 2 is 1.68 bits per heavy atom. The fourth-order valence-corrected chi connectivity index (χ4v) is 3.98. The number of phenols is 1. The first-order chi connectivity index (χ1) is 12.1. The van der Waals surface area contributed by atoms with Gasteiger partial charge in [0.25, 0.3) is 0 Å². The van der Waals surface area contributed by atoms with E-state index in [0.29, 0.717) is 29.2 Å². The second-order valence-electron chi connectivity index (χ2n) is 7.03. The summed E-state index contributed by atoms with van der Waals surface area (Å²) in [6.45, 7) is 3.59. The van der Waals surface area contributed by atoms with E-state index in [9.17, 15) is 9.90 Å². The van der Waals surface area contributed by atoms with Gasteiger partial charge in [-0.25, -0.2) is 0 Å². The van der Waals surface area contributed by atoms with Crippen LogP contribution < -0.4 is 0 Å². The third kappa shape index (κ3) is 3.51. The van der Waals surface area contributed by atoms with Crippen LogP contribution in [0.1, 0.15) is 11.1 Å². The van der Waals surface area contributed by atoms with E-state index in [0.717, 1.165) is 31.7 Å². The van der Waals surface area contributed by atoms with Gasteiger partial charge in [0, 0.05) is 43.2 Å². The number of carbonyl (C=O) groups excluding carboxylic acids is 1. The van der Waals surface area contributed by atoms with Crippen LogP contribution in [0.2, 0.25) is 5.02 Å². The number of amides is 1. The van der Waals surface area contributed by atoms with Crippen molar-refractivity contribution in [2.45, 2.75) is 19.0 Å². The number of hydrogen-bond donors (Lipinski definition) is 1. The Morgan fingerprint density at radius 1 is 1.00 bits per heavy atom. The Morgan fingerprint density at radius 3 is 2.40 bits per heavy atom. The SMILES string of the molecule is O=C(Cc1ccc(Cl)cc1)N1CC2CN(Cc3ccc(O)cc3)C2C1. The molecule has 0 saturated carbocycles. The normalized spacial score (nSPS) is 22.5. The largest absolute Gasteiger partial charge is 0.508 e. The van der Waals surface area contributed by atoms with E-state index in [1.54, 1.807) is 12.1 Å². The first kappa shape index (κ1) is 16.4. The molecule has 2 atom stereocenters. The Hall–Kier alpha value is -2.04. The minimum atomic E-state index is 0.196. The van der Waals surface area contributed by atoms with Crippen LogP contribution in [0.5, 0.6) is 5.75 Å². The average Bonchev–Trinajstić information content (AvgIpc) is 2.94. The van der Waals surface area contributed by atoms with Crippen molar-refractivity contribution in [2.24, 2.45) is 5.92 Å². The summed E-state index contributed by atoms with van der Waals surface area (Å²) >= 11 is 5.90. The molecule has 0 aromatic heterocycles. The van der Waals surface area contributed by atoms with Crippen molar-refractivity contribution < 1.29 is 9.90 Å². The molecule has 0 spiro atoms. The average molecular weight is 357 g/mol. The molecule has 0 bridgehead atoms. The second kappa shape index (κ2) is 6.70. The molecule has 2 fully saturated rings. The highest BCUT2D eigenvalue weighted by molar-refractivity contribution is 6.30. The summed E-state index contributed by atoms with van der Waals surface area (Å²) in [5.74, 6) is 1.08. The van der Waals surface area contributed by atoms with Crippen LogP contribution in [-0.4, -0.2) is 46.5 Å². The van der Waals surface area contributed by atoms with Crippen LogP contribution in [0.25, 0.3) is 0 Å². The van der Waals surface area contributed by atoms with E-state index in [2.05, 4.69) is 4.90 Å². The maximum atomic E-state index is 12.6. The number of hydrogen-bond acceptors (Lipinski definition) is 3. The zero-order valence-electron chi connectivity index (χ0n) is 13.9. The molecule has 0 aliphatic carbocycles. The third-order valence-corrected chi connectivity index (χ3v) is 5.54. The smallest absolute Gasteiger partial charge is 0.227 e. The summed E-state index contributed by atoms with van der Waals surface area (Å²) in [6, 6.07) is 15.3.